The molecule has 0 aliphatic heterocycles. The van der Waals surface area contributed by atoms with Crippen molar-refractivity contribution in [3.05, 3.63) is 60.5 Å². The van der Waals surface area contributed by atoms with E-state index < -0.39 is 15.8 Å². The number of rotatable bonds is 8. The summed E-state index contributed by atoms with van der Waals surface area (Å²) in [5, 5.41) is 10.8. The maximum absolute atomic E-state index is 14.2. The number of hydrogen-bond acceptors (Lipinski definition) is 8. The molecule has 4 N–H and O–H groups in total. The first kappa shape index (κ1) is 22.9. The second kappa shape index (κ2) is 9.58. The van der Waals surface area contributed by atoms with E-state index in [1.54, 1.807) is 38.4 Å². The molecular formula is C20H21FN6O4S. The summed E-state index contributed by atoms with van der Waals surface area (Å²) < 4.78 is 42.2. The Hall–Kier alpha value is -3.77. The van der Waals surface area contributed by atoms with Crippen molar-refractivity contribution in [2.24, 2.45) is 5.14 Å². The normalized spacial score (nSPS) is 11.0. The maximum atomic E-state index is 14.2. The van der Waals surface area contributed by atoms with Crippen molar-refractivity contribution in [1.29, 1.82) is 0 Å². The Kier molecular flexibility index (Phi) is 6.85. The molecule has 0 saturated heterocycles. The van der Waals surface area contributed by atoms with Crippen molar-refractivity contribution in [2.75, 3.05) is 31.3 Å². The van der Waals surface area contributed by atoms with Crippen LogP contribution < -0.4 is 20.5 Å². The Bertz CT molecular complexity index is 1200. The first-order chi connectivity index (χ1) is 15.1. The van der Waals surface area contributed by atoms with Crippen molar-refractivity contribution in [3.8, 4) is 5.75 Å². The summed E-state index contributed by atoms with van der Waals surface area (Å²) in [6, 6.07) is 12.2. The van der Waals surface area contributed by atoms with Gasteiger partial charge in [0.1, 0.15) is 5.75 Å². The number of anilines is 4. The van der Waals surface area contributed by atoms with Crippen molar-refractivity contribution in [1.82, 2.24) is 14.9 Å². The lowest BCUT2D eigenvalue weighted by molar-refractivity contribution is -0.130. The van der Waals surface area contributed by atoms with Crippen LogP contribution in [0.25, 0.3) is 0 Å². The van der Waals surface area contributed by atoms with Crippen LogP contribution in [0, 0.1) is 5.82 Å². The van der Waals surface area contributed by atoms with Crippen molar-refractivity contribution in [2.45, 2.75) is 4.90 Å². The van der Waals surface area contributed by atoms with Gasteiger partial charge in [0.2, 0.25) is 16.0 Å². The SMILES string of the molecule is CN(C)C(=O)COc1ccc(Nc2nc(Nc3ccc(S(N)(=O)=O)cc3)ncc2F)cc1. The third-order valence-electron chi connectivity index (χ3n) is 4.16. The number of halogens is 1. The fourth-order valence-electron chi connectivity index (χ4n) is 2.42. The standard InChI is InChI=1S/C20H21FN6O4S/c1-27(2)18(28)12-31-15-7-3-13(4-8-15)24-19-17(21)11-23-20(26-19)25-14-5-9-16(10-6-14)32(22,29)30/h3-11H,12H2,1-2H3,(H2,22,29,30)(H2,23,24,25,26). The summed E-state index contributed by atoms with van der Waals surface area (Å²) in [6.07, 6.45) is 1.00. The average Bonchev–Trinajstić information content (AvgIpc) is 2.75. The molecule has 0 aliphatic carbocycles. The van der Waals surface area contributed by atoms with Gasteiger partial charge in [-0.05, 0) is 48.5 Å². The Balaban J connectivity index is 1.67. The minimum absolute atomic E-state index is 0.0380. The number of aromatic nitrogens is 2. The number of primary sulfonamides is 1. The second-order valence-electron chi connectivity index (χ2n) is 6.81. The van der Waals surface area contributed by atoms with Crippen molar-refractivity contribution >= 4 is 39.1 Å². The number of carbonyl (C=O) groups excluding carboxylic acids is 1. The van der Waals surface area contributed by atoms with E-state index in [2.05, 4.69) is 20.6 Å². The van der Waals surface area contributed by atoms with E-state index in [1.165, 1.54) is 29.2 Å². The molecule has 0 unspecified atom stereocenters. The lowest BCUT2D eigenvalue weighted by Crippen LogP contribution is -2.27. The number of amides is 1. The molecule has 0 fully saturated rings. The molecule has 3 aromatic rings. The van der Waals surface area contributed by atoms with Gasteiger partial charge in [-0.1, -0.05) is 0 Å². The molecular weight excluding hydrogens is 439 g/mol. The monoisotopic (exact) mass is 460 g/mol. The molecule has 0 aliphatic rings. The summed E-state index contributed by atoms with van der Waals surface area (Å²) in [5.74, 6) is -0.328. The van der Waals surface area contributed by atoms with Crippen molar-refractivity contribution < 1.29 is 22.3 Å². The minimum atomic E-state index is -3.80. The molecule has 10 nitrogen and oxygen atoms in total. The van der Waals surface area contributed by atoms with E-state index in [1.807, 2.05) is 0 Å². The Morgan fingerprint density at radius 1 is 1.06 bits per heavy atom. The summed E-state index contributed by atoms with van der Waals surface area (Å²) in [7, 11) is -0.528. The Morgan fingerprint density at radius 3 is 2.25 bits per heavy atom. The molecule has 12 heteroatoms. The van der Waals surface area contributed by atoms with E-state index >= 15 is 0 Å². The van der Waals surface area contributed by atoms with Crippen LogP contribution in [-0.4, -0.2) is 49.9 Å². The smallest absolute Gasteiger partial charge is 0.259 e. The van der Waals surface area contributed by atoms with Crippen LogP contribution in [0.5, 0.6) is 5.75 Å². The van der Waals surface area contributed by atoms with Gasteiger partial charge in [0.25, 0.3) is 5.91 Å². The second-order valence-corrected chi connectivity index (χ2v) is 8.37. The van der Waals surface area contributed by atoms with Crippen LogP contribution in [0.4, 0.5) is 27.5 Å². The molecule has 0 spiro atoms. The maximum Gasteiger partial charge on any atom is 0.259 e. The predicted molar refractivity (Wildman–Crippen MR) is 117 cm³/mol. The van der Waals surface area contributed by atoms with Crippen LogP contribution in [0.15, 0.2) is 59.6 Å². The zero-order valence-corrected chi connectivity index (χ0v) is 18.1. The van der Waals surface area contributed by atoms with E-state index in [9.17, 15) is 17.6 Å². The fraction of sp³-hybridized carbons (Fsp3) is 0.150. The van der Waals surface area contributed by atoms with Gasteiger partial charge in [-0.15, -0.1) is 0 Å². The lowest BCUT2D eigenvalue weighted by atomic mass is 10.3. The lowest BCUT2D eigenvalue weighted by Gasteiger charge is -2.12. The number of carbonyl (C=O) groups is 1. The molecule has 0 saturated carbocycles. The Labute approximate surface area is 184 Å². The number of likely N-dealkylation sites (N-methyl/N-ethyl adjacent to an activating group) is 1. The van der Waals surface area contributed by atoms with Crippen LogP contribution in [0.2, 0.25) is 0 Å². The van der Waals surface area contributed by atoms with E-state index in [4.69, 9.17) is 9.88 Å². The highest BCUT2D eigenvalue weighted by Gasteiger charge is 2.10. The van der Waals surface area contributed by atoms with Gasteiger partial charge in [-0.25, -0.2) is 22.9 Å². The Morgan fingerprint density at radius 2 is 1.66 bits per heavy atom. The van der Waals surface area contributed by atoms with Gasteiger partial charge in [0.15, 0.2) is 18.2 Å². The first-order valence-corrected chi connectivity index (χ1v) is 10.8. The van der Waals surface area contributed by atoms with Crippen LogP contribution in [0.3, 0.4) is 0 Å². The summed E-state index contributed by atoms with van der Waals surface area (Å²) in [5.41, 5.74) is 1.03. The molecule has 0 radical (unpaired) electrons. The van der Waals surface area contributed by atoms with E-state index in [0.29, 0.717) is 17.1 Å². The molecule has 0 bridgehead atoms. The number of nitrogens with zero attached hydrogens (tertiary/aromatic N) is 3. The summed E-state index contributed by atoms with van der Waals surface area (Å²) >= 11 is 0. The number of ether oxygens (including phenoxy) is 1. The van der Waals surface area contributed by atoms with Gasteiger partial charge >= 0.3 is 0 Å². The largest absolute Gasteiger partial charge is 0.484 e. The van der Waals surface area contributed by atoms with Gasteiger partial charge in [-0.3, -0.25) is 4.79 Å². The average molecular weight is 460 g/mol. The minimum Gasteiger partial charge on any atom is -0.484 e. The number of nitrogens with two attached hydrogens (primary N) is 1. The zero-order chi connectivity index (χ0) is 23.3. The van der Waals surface area contributed by atoms with E-state index in [-0.39, 0.29) is 29.2 Å². The molecule has 168 valence electrons. The van der Waals surface area contributed by atoms with Gasteiger partial charge < -0.3 is 20.3 Å². The molecule has 32 heavy (non-hydrogen) atoms. The molecule has 1 aromatic heterocycles. The number of hydrogen-bond donors (Lipinski definition) is 3. The predicted octanol–water partition coefficient (Wildman–Crippen LogP) is 2.22. The third kappa shape index (κ3) is 6.12. The summed E-state index contributed by atoms with van der Waals surface area (Å²) in [4.78, 5) is 20.9. The van der Waals surface area contributed by atoms with Crippen molar-refractivity contribution in [3.63, 3.8) is 0 Å². The molecule has 2 aromatic carbocycles. The fourth-order valence-corrected chi connectivity index (χ4v) is 2.93. The highest BCUT2D eigenvalue weighted by Crippen LogP contribution is 2.23. The number of sulfonamides is 1. The molecule has 1 amide bonds. The quantitative estimate of drug-likeness (QED) is 0.465. The third-order valence-corrected chi connectivity index (χ3v) is 5.09. The molecule has 0 atom stereocenters. The number of benzene rings is 2. The van der Waals surface area contributed by atoms with Crippen LogP contribution in [0.1, 0.15) is 0 Å². The first-order valence-electron chi connectivity index (χ1n) is 9.24. The summed E-state index contributed by atoms with van der Waals surface area (Å²) in [6.45, 7) is -0.0897. The molecule has 3 rings (SSSR count). The highest BCUT2D eigenvalue weighted by atomic mass is 32.2. The van der Waals surface area contributed by atoms with Crippen LogP contribution >= 0.6 is 0 Å². The van der Waals surface area contributed by atoms with Gasteiger partial charge in [0.05, 0.1) is 11.1 Å². The topological polar surface area (TPSA) is 140 Å². The highest BCUT2D eigenvalue weighted by molar-refractivity contribution is 7.89. The van der Waals surface area contributed by atoms with Gasteiger partial charge in [-0.2, -0.15) is 4.98 Å². The molecule has 1 heterocycles. The number of nitrogens with one attached hydrogen (secondary N) is 2. The zero-order valence-electron chi connectivity index (χ0n) is 17.2. The van der Waals surface area contributed by atoms with E-state index in [0.717, 1.165) is 6.20 Å². The van der Waals surface area contributed by atoms with Gasteiger partial charge in [0, 0.05) is 25.5 Å². The van der Waals surface area contributed by atoms with Crippen LogP contribution in [-0.2, 0) is 14.8 Å².